The molecule has 0 spiro atoms. The van der Waals surface area contributed by atoms with Crippen LogP contribution < -0.4 is 10.6 Å². The minimum absolute atomic E-state index is 0.0321. The summed E-state index contributed by atoms with van der Waals surface area (Å²) in [6.07, 6.45) is 7.24. The summed E-state index contributed by atoms with van der Waals surface area (Å²) in [4.78, 5) is 17.8. The van der Waals surface area contributed by atoms with Crippen molar-refractivity contribution in [2.75, 3.05) is 32.9 Å². The van der Waals surface area contributed by atoms with Crippen LogP contribution in [0.5, 0.6) is 0 Å². The third kappa shape index (κ3) is 8.49. The van der Waals surface area contributed by atoms with Gasteiger partial charge < -0.3 is 15.5 Å². The fourth-order valence-electron chi connectivity index (χ4n) is 2.68. The van der Waals surface area contributed by atoms with Gasteiger partial charge in [0.1, 0.15) is 6.54 Å². The van der Waals surface area contributed by atoms with Crippen molar-refractivity contribution in [2.45, 2.75) is 63.7 Å². The van der Waals surface area contributed by atoms with Gasteiger partial charge in [-0.2, -0.15) is 11.8 Å². The van der Waals surface area contributed by atoms with E-state index in [2.05, 4.69) is 41.2 Å². The summed E-state index contributed by atoms with van der Waals surface area (Å²) in [7, 11) is 3.53. The lowest BCUT2D eigenvalue weighted by Gasteiger charge is -2.30. The van der Waals surface area contributed by atoms with Crippen molar-refractivity contribution in [1.29, 1.82) is 0 Å². The van der Waals surface area contributed by atoms with E-state index in [1.54, 1.807) is 19.0 Å². The van der Waals surface area contributed by atoms with Crippen LogP contribution in [0.15, 0.2) is 4.99 Å². The highest BCUT2D eigenvalue weighted by Crippen LogP contribution is 2.28. The average Bonchev–Trinajstić information content (AvgIpc) is 2.53. The van der Waals surface area contributed by atoms with E-state index in [9.17, 15) is 4.79 Å². The molecule has 1 aliphatic carbocycles. The molecule has 0 aliphatic heterocycles. The first-order valence-electron chi connectivity index (χ1n) is 8.93. The standard InChI is InChI=1S/C17H34N4OS/c1-5-7-11-18-17(19-13-16(22)21(3)4)20-14-9-8-10-15(12-14)23-6-2/h14-15H,5-13H2,1-4H3,(H2,18,19,20). The number of rotatable bonds is 8. The van der Waals surface area contributed by atoms with Crippen LogP contribution >= 0.6 is 11.8 Å². The Labute approximate surface area is 146 Å². The molecule has 0 aromatic heterocycles. The van der Waals surface area contributed by atoms with E-state index in [4.69, 9.17) is 0 Å². The molecule has 0 heterocycles. The summed E-state index contributed by atoms with van der Waals surface area (Å²) >= 11 is 2.07. The van der Waals surface area contributed by atoms with Crippen LogP contribution in [0.1, 0.15) is 52.4 Å². The molecule has 0 aromatic carbocycles. The van der Waals surface area contributed by atoms with E-state index in [1.807, 2.05) is 0 Å². The molecule has 2 unspecified atom stereocenters. The maximum Gasteiger partial charge on any atom is 0.243 e. The number of aliphatic imine (C=N–C) groups is 1. The Balaban J connectivity index is 2.56. The summed E-state index contributed by atoms with van der Waals surface area (Å²) in [6, 6.07) is 0.468. The van der Waals surface area contributed by atoms with Crippen molar-refractivity contribution in [3.63, 3.8) is 0 Å². The van der Waals surface area contributed by atoms with E-state index >= 15 is 0 Å². The summed E-state index contributed by atoms with van der Waals surface area (Å²) < 4.78 is 0. The normalized spacial score (nSPS) is 21.8. The van der Waals surface area contributed by atoms with Gasteiger partial charge in [0.15, 0.2) is 5.96 Å². The smallest absolute Gasteiger partial charge is 0.243 e. The van der Waals surface area contributed by atoms with Gasteiger partial charge in [-0.3, -0.25) is 4.79 Å². The first-order chi connectivity index (χ1) is 11.1. The number of guanidine groups is 1. The zero-order valence-electron chi connectivity index (χ0n) is 15.2. The second-order valence-corrected chi connectivity index (χ2v) is 7.90. The van der Waals surface area contributed by atoms with Crippen LogP contribution in [0.3, 0.4) is 0 Å². The number of unbranched alkanes of at least 4 members (excludes halogenated alkanes) is 1. The van der Waals surface area contributed by atoms with Gasteiger partial charge in [-0.15, -0.1) is 0 Å². The third-order valence-corrected chi connectivity index (χ3v) is 5.30. The zero-order valence-corrected chi connectivity index (χ0v) is 16.0. The minimum Gasteiger partial charge on any atom is -0.356 e. The van der Waals surface area contributed by atoms with E-state index < -0.39 is 0 Å². The molecule has 0 aromatic rings. The fraction of sp³-hybridized carbons (Fsp3) is 0.882. The number of nitrogens with zero attached hydrogens (tertiary/aromatic N) is 2. The molecule has 6 heteroatoms. The lowest BCUT2D eigenvalue weighted by molar-refractivity contribution is -0.127. The van der Waals surface area contributed by atoms with E-state index in [0.717, 1.165) is 30.6 Å². The Bertz CT molecular complexity index is 372. The predicted octanol–water partition coefficient (Wildman–Crippen LogP) is 2.47. The summed E-state index contributed by atoms with van der Waals surface area (Å²) in [5, 5.41) is 7.68. The highest BCUT2D eigenvalue weighted by Gasteiger charge is 2.22. The highest BCUT2D eigenvalue weighted by molar-refractivity contribution is 7.99. The van der Waals surface area contributed by atoms with Gasteiger partial charge in [-0.25, -0.2) is 4.99 Å². The van der Waals surface area contributed by atoms with Crippen molar-refractivity contribution in [2.24, 2.45) is 4.99 Å². The molecule has 1 amide bonds. The number of hydrogen-bond acceptors (Lipinski definition) is 3. The Hall–Kier alpha value is -0.910. The molecule has 2 N–H and O–H groups in total. The molecule has 23 heavy (non-hydrogen) atoms. The number of likely N-dealkylation sites (N-methyl/N-ethyl adjacent to an activating group) is 1. The zero-order chi connectivity index (χ0) is 17.1. The average molecular weight is 343 g/mol. The molecule has 0 saturated heterocycles. The van der Waals surface area contributed by atoms with E-state index in [-0.39, 0.29) is 12.5 Å². The van der Waals surface area contributed by atoms with Crippen molar-refractivity contribution in [3.8, 4) is 0 Å². The van der Waals surface area contributed by atoms with Crippen LogP contribution in [0.4, 0.5) is 0 Å². The first kappa shape index (κ1) is 20.1. The van der Waals surface area contributed by atoms with Crippen molar-refractivity contribution in [3.05, 3.63) is 0 Å². The van der Waals surface area contributed by atoms with Crippen LogP contribution in [-0.2, 0) is 4.79 Å². The van der Waals surface area contributed by atoms with Crippen LogP contribution in [-0.4, -0.2) is 61.0 Å². The van der Waals surface area contributed by atoms with Crippen molar-refractivity contribution >= 4 is 23.6 Å². The lowest BCUT2D eigenvalue weighted by atomic mass is 9.95. The molecular weight excluding hydrogens is 308 g/mol. The largest absolute Gasteiger partial charge is 0.356 e. The molecular formula is C17H34N4OS. The lowest BCUT2D eigenvalue weighted by Crippen LogP contribution is -2.46. The number of nitrogens with one attached hydrogen (secondary N) is 2. The molecule has 0 bridgehead atoms. The van der Waals surface area contributed by atoms with E-state index in [1.165, 1.54) is 31.4 Å². The van der Waals surface area contributed by atoms with Gasteiger partial charge in [-0.05, 0) is 31.4 Å². The molecule has 2 atom stereocenters. The summed E-state index contributed by atoms with van der Waals surface area (Å²) in [5.41, 5.74) is 0. The van der Waals surface area contributed by atoms with Gasteiger partial charge in [0, 0.05) is 31.9 Å². The first-order valence-corrected chi connectivity index (χ1v) is 9.98. The number of carbonyl (C=O) groups is 1. The molecule has 1 saturated carbocycles. The van der Waals surface area contributed by atoms with Gasteiger partial charge >= 0.3 is 0 Å². The molecule has 1 rings (SSSR count). The Morgan fingerprint density at radius 2 is 2.09 bits per heavy atom. The van der Waals surface area contributed by atoms with Crippen molar-refractivity contribution < 1.29 is 4.79 Å². The number of thioether (sulfide) groups is 1. The number of hydrogen-bond donors (Lipinski definition) is 2. The van der Waals surface area contributed by atoms with Crippen LogP contribution in [0.2, 0.25) is 0 Å². The number of amides is 1. The summed E-state index contributed by atoms with van der Waals surface area (Å²) in [6.45, 7) is 5.51. The number of carbonyl (C=O) groups excluding carboxylic acids is 1. The second kappa shape index (κ2) is 11.6. The van der Waals surface area contributed by atoms with Crippen molar-refractivity contribution in [1.82, 2.24) is 15.5 Å². The monoisotopic (exact) mass is 342 g/mol. The van der Waals surface area contributed by atoms with E-state index in [0.29, 0.717) is 6.04 Å². The molecule has 1 aliphatic rings. The second-order valence-electron chi connectivity index (χ2n) is 6.32. The molecule has 1 fully saturated rings. The maximum atomic E-state index is 11.8. The summed E-state index contributed by atoms with van der Waals surface area (Å²) in [5.74, 6) is 2.01. The van der Waals surface area contributed by atoms with Crippen LogP contribution in [0.25, 0.3) is 0 Å². The molecule has 134 valence electrons. The Morgan fingerprint density at radius 1 is 1.30 bits per heavy atom. The van der Waals surface area contributed by atoms with Gasteiger partial charge in [0.05, 0.1) is 0 Å². The molecule has 5 nitrogen and oxygen atoms in total. The molecule has 0 radical (unpaired) electrons. The Morgan fingerprint density at radius 3 is 2.74 bits per heavy atom. The third-order valence-electron chi connectivity index (χ3n) is 4.06. The van der Waals surface area contributed by atoms with Gasteiger partial charge in [0.25, 0.3) is 0 Å². The quantitative estimate of drug-likeness (QED) is 0.404. The van der Waals surface area contributed by atoms with Gasteiger partial charge in [0.2, 0.25) is 5.91 Å². The Kier molecular flexibility index (Phi) is 10.2. The predicted molar refractivity (Wildman–Crippen MR) is 101 cm³/mol. The highest BCUT2D eigenvalue weighted by atomic mass is 32.2. The maximum absolute atomic E-state index is 11.8. The topological polar surface area (TPSA) is 56.7 Å². The SMILES string of the molecule is CCCCNC(=NCC(=O)N(C)C)NC1CCCC(SCC)C1. The fourth-order valence-corrected chi connectivity index (χ4v) is 3.85. The minimum atomic E-state index is 0.0321. The van der Waals surface area contributed by atoms with Gasteiger partial charge in [-0.1, -0.05) is 26.7 Å². The van der Waals surface area contributed by atoms with Crippen LogP contribution in [0, 0.1) is 0 Å².